The van der Waals surface area contributed by atoms with E-state index in [2.05, 4.69) is 28.6 Å². The first-order chi connectivity index (χ1) is 13.1. The first kappa shape index (κ1) is 18.2. The molecule has 0 bridgehead atoms. The molecule has 2 N–H and O–H groups in total. The highest BCUT2D eigenvalue weighted by atomic mass is 16.1. The molecule has 2 aromatic carbocycles. The molecule has 1 heterocycles. The van der Waals surface area contributed by atoms with Crippen molar-refractivity contribution in [2.24, 2.45) is 0 Å². The van der Waals surface area contributed by atoms with Crippen LogP contribution in [0.15, 0.2) is 60.8 Å². The van der Waals surface area contributed by atoms with E-state index in [1.165, 1.54) is 0 Å². The zero-order valence-electron chi connectivity index (χ0n) is 15.3. The third kappa shape index (κ3) is 4.31. The number of para-hydroxylation sites is 1. The van der Waals surface area contributed by atoms with Gasteiger partial charge in [-0.3, -0.25) is 4.79 Å². The van der Waals surface area contributed by atoms with Gasteiger partial charge in [0.05, 0.1) is 23.5 Å². The summed E-state index contributed by atoms with van der Waals surface area (Å²) in [5, 5.41) is 15.0. The molecule has 27 heavy (non-hydrogen) atoms. The van der Waals surface area contributed by atoms with Gasteiger partial charge in [-0.1, -0.05) is 25.1 Å². The Morgan fingerprint density at radius 3 is 2.44 bits per heavy atom. The van der Waals surface area contributed by atoms with E-state index in [-0.39, 0.29) is 5.91 Å². The molecule has 1 amide bonds. The number of hydrogen-bond acceptors (Lipinski definition) is 4. The lowest BCUT2D eigenvalue weighted by atomic mass is 10.1. The van der Waals surface area contributed by atoms with Gasteiger partial charge in [-0.05, 0) is 60.9 Å². The number of aryl methyl sites for hydroxylation is 2. The second-order valence-electron chi connectivity index (χ2n) is 6.16. The van der Waals surface area contributed by atoms with Gasteiger partial charge in [0.25, 0.3) is 5.91 Å². The molecule has 0 aliphatic rings. The highest BCUT2D eigenvalue weighted by molar-refractivity contribution is 6.03. The van der Waals surface area contributed by atoms with Crippen LogP contribution in [0, 0.1) is 18.3 Å². The van der Waals surface area contributed by atoms with Crippen LogP contribution in [-0.4, -0.2) is 10.9 Å². The standard InChI is InChI=1S/C22H20N4O/c1-3-17-6-4-5-15(2)21(17)26-22(27)20-12-11-19(14-24-20)25-18-9-7-16(13-23)8-10-18/h4-12,14,25H,3H2,1-2H3,(H,26,27). The Morgan fingerprint density at radius 2 is 1.81 bits per heavy atom. The maximum atomic E-state index is 12.5. The van der Waals surface area contributed by atoms with Crippen molar-refractivity contribution in [3.05, 3.63) is 83.2 Å². The monoisotopic (exact) mass is 356 g/mol. The lowest BCUT2D eigenvalue weighted by Gasteiger charge is -2.13. The summed E-state index contributed by atoms with van der Waals surface area (Å²) in [6.45, 7) is 4.04. The number of pyridine rings is 1. The number of hydrogen-bond donors (Lipinski definition) is 2. The van der Waals surface area contributed by atoms with E-state index in [0.717, 1.165) is 34.6 Å². The van der Waals surface area contributed by atoms with Crippen LogP contribution in [0.4, 0.5) is 17.1 Å². The molecule has 0 spiro atoms. The Hall–Kier alpha value is -3.65. The summed E-state index contributed by atoms with van der Waals surface area (Å²) in [7, 11) is 0. The molecule has 5 nitrogen and oxygen atoms in total. The molecule has 0 aliphatic heterocycles. The Balaban J connectivity index is 1.71. The van der Waals surface area contributed by atoms with Gasteiger partial charge in [-0.15, -0.1) is 0 Å². The van der Waals surface area contributed by atoms with Gasteiger partial charge >= 0.3 is 0 Å². The fraction of sp³-hybridized carbons (Fsp3) is 0.136. The van der Waals surface area contributed by atoms with Crippen molar-refractivity contribution in [1.29, 1.82) is 5.26 Å². The fourth-order valence-corrected chi connectivity index (χ4v) is 2.78. The molecule has 3 rings (SSSR count). The van der Waals surface area contributed by atoms with Crippen molar-refractivity contribution in [3.8, 4) is 6.07 Å². The number of carbonyl (C=O) groups excluding carboxylic acids is 1. The summed E-state index contributed by atoms with van der Waals surface area (Å²) < 4.78 is 0. The van der Waals surface area contributed by atoms with Gasteiger partial charge in [-0.25, -0.2) is 4.98 Å². The highest BCUT2D eigenvalue weighted by Crippen LogP contribution is 2.22. The molecule has 134 valence electrons. The number of anilines is 3. The van der Waals surface area contributed by atoms with E-state index in [4.69, 9.17) is 5.26 Å². The van der Waals surface area contributed by atoms with Crippen molar-refractivity contribution in [3.63, 3.8) is 0 Å². The Bertz CT molecular complexity index is 986. The van der Waals surface area contributed by atoms with E-state index in [9.17, 15) is 4.79 Å². The second kappa shape index (κ2) is 8.15. The summed E-state index contributed by atoms with van der Waals surface area (Å²) in [6.07, 6.45) is 2.46. The summed E-state index contributed by atoms with van der Waals surface area (Å²) in [4.78, 5) is 16.8. The Labute approximate surface area is 158 Å². The lowest BCUT2D eigenvalue weighted by Crippen LogP contribution is -2.15. The van der Waals surface area contributed by atoms with Crippen LogP contribution < -0.4 is 10.6 Å². The number of benzene rings is 2. The van der Waals surface area contributed by atoms with Crippen molar-refractivity contribution in [1.82, 2.24) is 4.98 Å². The van der Waals surface area contributed by atoms with Crippen LogP contribution in [0.3, 0.4) is 0 Å². The third-order valence-electron chi connectivity index (χ3n) is 4.28. The smallest absolute Gasteiger partial charge is 0.274 e. The van der Waals surface area contributed by atoms with E-state index in [1.807, 2.05) is 37.3 Å². The largest absolute Gasteiger partial charge is 0.354 e. The molecule has 3 aromatic rings. The summed E-state index contributed by atoms with van der Waals surface area (Å²) in [5.41, 5.74) is 5.55. The Kier molecular flexibility index (Phi) is 5.48. The van der Waals surface area contributed by atoms with Crippen LogP contribution in [0.5, 0.6) is 0 Å². The van der Waals surface area contributed by atoms with Gasteiger partial charge in [0.15, 0.2) is 0 Å². The minimum absolute atomic E-state index is 0.232. The van der Waals surface area contributed by atoms with Crippen LogP contribution in [0.2, 0.25) is 0 Å². The molecule has 0 saturated carbocycles. The Morgan fingerprint density at radius 1 is 1.07 bits per heavy atom. The number of aromatic nitrogens is 1. The predicted octanol–water partition coefficient (Wildman–Crippen LogP) is 4.82. The van der Waals surface area contributed by atoms with Crippen molar-refractivity contribution >= 4 is 23.0 Å². The number of rotatable bonds is 5. The van der Waals surface area contributed by atoms with Crippen LogP contribution in [0.1, 0.15) is 34.1 Å². The first-order valence-electron chi connectivity index (χ1n) is 8.73. The average Bonchev–Trinajstić information content (AvgIpc) is 2.70. The SMILES string of the molecule is CCc1cccc(C)c1NC(=O)c1ccc(Nc2ccc(C#N)cc2)cn1. The summed E-state index contributed by atoms with van der Waals surface area (Å²) >= 11 is 0. The first-order valence-corrected chi connectivity index (χ1v) is 8.73. The lowest BCUT2D eigenvalue weighted by molar-refractivity contribution is 0.102. The van der Waals surface area contributed by atoms with Crippen molar-refractivity contribution < 1.29 is 4.79 Å². The molecule has 0 radical (unpaired) electrons. The molecule has 0 aliphatic carbocycles. The number of nitriles is 1. The molecular formula is C22H20N4O. The molecular weight excluding hydrogens is 336 g/mol. The number of nitrogens with zero attached hydrogens (tertiary/aromatic N) is 2. The summed E-state index contributed by atoms with van der Waals surface area (Å²) in [6, 6.07) is 18.7. The highest BCUT2D eigenvalue weighted by Gasteiger charge is 2.11. The topological polar surface area (TPSA) is 77.8 Å². The van der Waals surface area contributed by atoms with Crippen LogP contribution in [-0.2, 0) is 6.42 Å². The number of carbonyl (C=O) groups is 1. The normalized spacial score (nSPS) is 10.1. The fourth-order valence-electron chi connectivity index (χ4n) is 2.78. The number of amides is 1. The van der Waals surface area contributed by atoms with Crippen molar-refractivity contribution in [2.45, 2.75) is 20.3 Å². The molecule has 0 fully saturated rings. The van der Waals surface area contributed by atoms with Gasteiger partial charge < -0.3 is 10.6 Å². The quantitative estimate of drug-likeness (QED) is 0.687. The zero-order chi connectivity index (χ0) is 19.2. The van der Waals surface area contributed by atoms with E-state index < -0.39 is 0 Å². The van der Waals surface area contributed by atoms with Crippen LogP contribution >= 0.6 is 0 Å². The van der Waals surface area contributed by atoms with E-state index >= 15 is 0 Å². The number of nitrogens with one attached hydrogen (secondary N) is 2. The zero-order valence-corrected chi connectivity index (χ0v) is 15.3. The van der Waals surface area contributed by atoms with Gasteiger partial charge in [0.1, 0.15) is 5.69 Å². The maximum Gasteiger partial charge on any atom is 0.274 e. The molecule has 5 heteroatoms. The molecule has 0 atom stereocenters. The van der Waals surface area contributed by atoms with Gasteiger partial charge in [-0.2, -0.15) is 5.26 Å². The minimum atomic E-state index is -0.232. The van der Waals surface area contributed by atoms with E-state index in [1.54, 1.807) is 30.5 Å². The average molecular weight is 356 g/mol. The molecule has 0 unspecified atom stereocenters. The van der Waals surface area contributed by atoms with Gasteiger partial charge in [0, 0.05) is 11.4 Å². The maximum absolute atomic E-state index is 12.5. The molecule has 0 saturated heterocycles. The summed E-state index contributed by atoms with van der Waals surface area (Å²) in [5.74, 6) is -0.232. The van der Waals surface area contributed by atoms with Crippen molar-refractivity contribution in [2.75, 3.05) is 10.6 Å². The van der Waals surface area contributed by atoms with Gasteiger partial charge in [0.2, 0.25) is 0 Å². The predicted molar refractivity (Wildman–Crippen MR) is 107 cm³/mol. The molecule has 1 aromatic heterocycles. The minimum Gasteiger partial charge on any atom is -0.354 e. The van der Waals surface area contributed by atoms with Crippen LogP contribution in [0.25, 0.3) is 0 Å². The third-order valence-corrected chi connectivity index (χ3v) is 4.28. The van der Waals surface area contributed by atoms with E-state index in [0.29, 0.717) is 11.3 Å². The second-order valence-corrected chi connectivity index (χ2v) is 6.16.